The first-order valence-corrected chi connectivity index (χ1v) is 25.9. The summed E-state index contributed by atoms with van der Waals surface area (Å²) in [6, 6.07) is 0. The van der Waals surface area contributed by atoms with E-state index in [1.165, 1.54) is 116 Å². The van der Waals surface area contributed by atoms with Gasteiger partial charge in [-0.2, -0.15) is 0 Å². The number of aliphatic hydroxyl groups is 7. The summed E-state index contributed by atoms with van der Waals surface area (Å²) in [4.78, 5) is 13.0. The average Bonchev–Trinajstić information content (AvgIpc) is 3.30. The van der Waals surface area contributed by atoms with Crippen molar-refractivity contribution in [3.63, 3.8) is 0 Å². The Morgan fingerprint density at radius 1 is 0.508 bits per heavy atom. The van der Waals surface area contributed by atoms with Crippen LogP contribution in [0.25, 0.3) is 0 Å². The van der Waals surface area contributed by atoms with Gasteiger partial charge >= 0.3 is 5.97 Å². The highest BCUT2D eigenvalue weighted by Crippen LogP contribution is 2.26. The van der Waals surface area contributed by atoms with Crippen molar-refractivity contribution in [1.29, 1.82) is 0 Å². The number of unbranched alkanes of at least 4 members (excludes halogenated alkanes) is 23. The number of carbonyl (C=O) groups excluding carboxylic acids is 1. The van der Waals surface area contributed by atoms with Gasteiger partial charge in [0.05, 0.1) is 26.4 Å². The average molecular weight is 931 g/mol. The minimum atomic E-state index is -1.70. The van der Waals surface area contributed by atoms with Crippen LogP contribution in [0, 0.1) is 0 Å². The SMILES string of the molecule is CCCCCC/C=C\C/C=C\CCCCCCCCCCOCC(COC1OC(COC2OC(CO)C(O)C(O)C2O)C(O)C(O)C1O)OC(=O)CCCCCCCCCCCCCC. The molecule has 0 aromatic rings. The van der Waals surface area contributed by atoms with Gasteiger partial charge in [0, 0.05) is 13.0 Å². The molecule has 0 bridgehead atoms. The molecule has 0 aromatic heterocycles. The van der Waals surface area contributed by atoms with Crippen molar-refractivity contribution in [2.75, 3.05) is 33.0 Å². The fraction of sp³-hybridized carbons (Fsp3) is 0.902. The Hall–Kier alpha value is -1.53. The molecule has 382 valence electrons. The molecule has 2 rings (SSSR count). The molecule has 0 radical (unpaired) electrons. The highest BCUT2D eigenvalue weighted by atomic mass is 16.7. The summed E-state index contributed by atoms with van der Waals surface area (Å²) < 4.78 is 34.3. The molecule has 0 saturated carbocycles. The van der Waals surface area contributed by atoms with Crippen LogP contribution in [0.5, 0.6) is 0 Å². The van der Waals surface area contributed by atoms with E-state index in [1.54, 1.807) is 0 Å². The summed E-state index contributed by atoms with van der Waals surface area (Å²) in [7, 11) is 0. The number of aliphatic hydroxyl groups excluding tert-OH is 7. The molecule has 2 aliphatic rings. The number of rotatable bonds is 41. The van der Waals surface area contributed by atoms with Crippen molar-refractivity contribution >= 4 is 5.97 Å². The van der Waals surface area contributed by atoms with Gasteiger partial charge in [0.2, 0.25) is 0 Å². The van der Waals surface area contributed by atoms with Crippen LogP contribution >= 0.6 is 0 Å². The van der Waals surface area contributed by atoms with Crippen LogP contribution < -0.4 is 0 Å². The van der Waals surface area contributed by atoms with Crippen LogP contribution in [0.4, 0.5) is 0 Å². The Balaban J connectivity index is 1.75. The topological polar surface area (TPSA) is 214 Å². The molecule has 2 saturated heterocycles. The van der Waals surface area contributed by atoms with Gasteiger partial charge in [0.1, 0.15) is 54.9 Å². The first-order valence-electron chi connectivity index (χ1n) is 25.9. The van der Waals surface area contributed by atoms with Gasteiger partial charge in [-0.25, -0.2) is 0 Å². The Morgan fingerprint density at radius 2 is 0.954 bits per heavy atom. The van der Waals surface area contributed by atoms with Crippen LogP contribution in [0.1, 0.15) is 194 Å². The van der Waals surface area contributed by atoms with E-state index in [9.17, 15) is 40.5 Å². The minimum Gasteiger partial charge on any atom is -0.457 e. The molecule has 11 unspecified atom stereocenters. The third-order valence-corrected chi connectivity index (χ3v) is 12.5. The number of hydrogen-bond donors (Lipinski definition) is 7. The third-order valence-electron chi connectivity index (χ3n) is 12.5. The van der Waals surface area contributed by atoms with Crippen LogP contribution in [-0.2, 0) is 33.2 Å². The molecule has 0 aliphatic carbocycles. The normalized spacial score (nSPS) is 26.7. The zero-order chi connectivity index (χ0) is 47.3. The monoisotopic (exact) mass is 931 g/mol. The lowest BCUT2D eigenvalue weighted by Gasteiger charge is -2.42. The third kappa shape index (κ3) is 27.3. The molecular formula is C51H94O14. The smallest absolute Gasteiger partial charge is 0.306 e. The molecule has 65 heavy (non-hydrogen) atoms. The van der Waals surface area contributed by atoms with Gasteiger partial charge in [0.25, 0.3) is 0 Å². The minimum absolute atomic E-state index is 0.0611. The second kappa shape index (κ2) is 39.3. The van der Waals surface area contributed by atoms with Gasteiger partial charge in [0.15, 0.2) is 12.6 Å². The van der Waals surface area contributed by atoms with Crippen LogP contribution in [0.2, 0.25) is 0 Å². The second-order valence-corrected chi connectivity index (χ2v) is 18.3. The Morgan fingerprint density at radius 3 is 1.49 bits per heavy atom. The molecule has 14 nitrogen and oxygen atoms in total. The summed E-state index contributed by atoms with van der Waals surface area (Å²) >= 11 is 0. The predicted molar refractivity (Wildman–Crippen MR) is 252 cm³/mol. The lowest BCUT2D eigenvalue weighted by atomic mass is 9.98. The zero-order valence-electron chi connectivity index (χ0n) is 40.5. The van der Waals surface area contributed by atoms with Crippen molar-refractivity contribution in [1.82, 2.24) is 0 Å². The molecular weight excluding hydrogens is 837 g/mol. The number of esters is 1. The molecule has 2 aliphatic heterocycles. The predicted octanol–water partition coefficient (Wildman–Crippen LogP) is 7.63. The lowest BCUT2D eigenvalue weighted by molar-refractivity contribution is -0.332. The molecule has 2 fully saturated rings. The number of hydrogen-bond acceptors (Lipinski definition) is 14. The Bertz CT molecular complexity index is 1170. The molecule has 0 aromatic carbocycles. The van der Waals surface area contributed by atoms with E-state index in [4.69, 9.17) is 28.4 Å². The molecule has 14 heteroatoms. The first kappa shape index (κ1) is 59.6. The van der Waals surface area contributed by atoms with Crippen molar-refractivity contribution in [3.05, 3.63) is 24.3 Å². The zero-order valence-corrected chi connectivity index (χ0v) is 40.5. The largest absolute Gasteiger partial charge is 0.457 e. The maximum atomic E-state index is 13.0. The summed E-state index contributed by atoms with van der Waals surface area (Å²) in [6.45, 7) is 3.67. The molecule has 0 amide bonds. The van der Waals surface area contributed by atoms with E-state index >= 15 is 0 Å². The summed E-state index contributed by atoms with van der Waals surface area (Å²) in [5, 5.41) is 72.1. The lowest BCUT2D eigenvalue weighted by Crippen LogP contribution is -2.61. The summed E-state index contributed by atoms with van der Waals surface area (Å²) in [6.07, 6.45) is 25.2. The van der Waals surface area contributed by atoms with E-state index in [0.29, 0.717) is 13.0 Å². The van der Waals surface area contributed by atoms with Crippen LogP contribution in [0.3, 0.4) is 0 Å². The van der Waals surface area contributed by atoms with Crippen LogP contribution in [-0.4, -0.2) is 142 Å². The van der Waals surface area contributed by atoms with Gasteiger partial charge in [-0.05, 0) is 44.9 Å². The fourth-order valence-corrected chi connectivity index (χ4v) is 8.20. The first-order chi connectivity index (χ1) is 31.6. The maximum absolute atomic E-state index is 13.0. The van der Waals surface area contributed by atoms with E-state index in [2.05, 4.69) is 38.2 Å². The second-order valence-electron chi connectivity index (χ2n) is 18.3. The molecule has 11 atom stereocenters. The van der Waals surface area contributed by atoms with Gasteiger partial charge in [-0.3, -0.25) is 4.79 Å². The number of carbonyl (C=O) groups is 1. The molecule has 2 heterocycles. The van der Waals surface area contributed by atoms with Crippen molar-refractivity contribution < 1.29 is 69.0 Å². The van der Waals surface area contributed by atoms with E-state index in [1.807, 2.05) is 0 Å². The number of allylic oxidation sites excluding steroid dienone is 4. The fourth-order valence-electron chi connectivity index (χ4n) is 8.20. The molecule has 7 N–H and O–H groups in total. The van der Waals surface area contributed by atoms with Crippen molar-refractivity contribution in [2.24, 2.45) is 0 Å². The standard InChI is InChI=1S/C51H94O14/c1-3-5-7-9-11-13-15-17-18-19-20-21-22-23-25-27-29-31-33-35-60-37-40(63-43(53)34-32-30-28-26-24-16-14-12-10-8-6-4-2)38-61-50-49(59)47(57)45(55)42(65-50)39-62-51-48(58)46(56)44(54)41(36-52)64-51/h13,15,18-19,40-42,44-52,54-59H,3-12,14,16-17,20-39H2,1-2H3/b15-13-,19-18-. The van der Waals surface area contributed by atoms with Gasteiger partial charge in [-0.15, -0.1) is 0 Å². The Labute approximate surface area is 392 Å². The molecule has 0 spiro atoms. The summed E-state index contributed by atoms with van der Waals surface area (Å²) in [5.74, 6) is -0.377. The van der Waals surface area contributed by atoms with Crippen LogP contribution in [0.15, 0.2) is 24.3 Å². The highest BCUT2D eigenvalue weighted by Gasteiger charge is 2.47. The van der Waals surface area contributed by atoms with E-state index in [0.717, 1.165) is 51.4 Å². The quantitative estimate of drug-likeness (QED) is 0.0179. The number of ether oxygens (including phenoxy) is 6. The van der Waals surface area contributed by atoms with Gasteiger partial charge < -0.3 is 64.2 Å². The van der Waals surface area contributed by atoms with Gasteiger partial charge in [-0.1, -0.05) is 167 Å². The Kier molecular flexibility index (Phi) is 36.1. The summed E-state index contributed by atoms with van der Waals surface area (Å²) in [5.41, 5.74) is 0. The van der Waals surface area contributed by atoms with E-state index in [-0.39, 0.29) is 25.6 Å². The van der Waals surface area contributed by atoms with E-state index < -0.39 is 80.7 Å². The van der Waals surface area contributed by atoms with Crippen molar-refractivity contribution in [3.8, 4) is 0 Å². The van der Waals surface area contributed by atoms with Crippen molar-refractivity contribution in [2.45, 2.75) is 261 Å². The maximum Gasteiger partial charge on any atom is 0.306 e. The highest BCUT2D eigenvalue weighted by molar-refractivity contribution is 5.69.